The lowest BCUT2D eigenvalue weighted by molar-refractivity contribution is 0.171. The highest BCUT2D eigenvalue weighted by Gasteiger charge is 2.17. The second-order valence-corrected chi connectivity index (χ2v) is 5.14. The Bertz CT molecular complexity index is 706. The first-order chi connectivity index (χ1) is 10.8. The fourth-order valence-electron chi connectivity index (χ4n) is 2.55. The van der Waals surface area contributed by atoms with Gasteiger partial charge < -0.3 is 14.2 Å². The quantitative estimate of drug-likeness (QED) is 0.868. The monoisotopic (exact) mass is 295 g/mol. The van der Waals surface area contributed by atoms with E-state index in [1.807, 2.05) is 42.5 Å². The van der Waals surface area contributed by atoms with Crippen LogP contribution in [-0.4, -0.2) is 20.3 Å². The van der Waals surface area contributed by atoms with Crippen molar-refractivity contribution in [2.24, 2.45) is 0 Å². The summed E-state index contributed by atoms with van der Waals surface area (Å²) in [6.45, 7) is 1.11. The van der Waals surface area contributed by atoms with E-state index in [-0.39, 0.29) is 5.92 Å². The third kappa shape index (κ3) is 2.99. The van der Waals surface area contributed by atoms with Gasteiger partial charge >= 0.3 is 0 Å². The maximum Gasteiger partial charge on any atom is 0.161 e. The molecule has 4 nitrogen and oxygen atoms in total. The molecule has 1 atom stereocenters. The summed E-state index contributed by atoms with van der Waals surface area (Å²) in [7, 11) is 1.64. The number of hydrogen-bond acceptors (Lipinski definition) is 4. The molecule has 0 fully saturated rings. The van der Waals surface area contributed by atoms with Crippen LogP contribution in [0, 0.1) is 11.3 Å². The molecule has 22 heavy (non-hydrogen) atoms. The maximum atomic E-state index is 9.52. The Morgan fingerprint density at radius 1 is 1.14 bits per heavy atom. The number of hydrogen-bond donors (Lipinski definition) is 0. The minimum atomic E-state index is -0.233. The molecule has 0 aromatic heterocycles. The number of nitrogens with zero attached hydrogens (tertiary/aromatic N) is 1. The number of rotatable bonds is 4. The lowest BCUT2D eigenvalue weighted by atomic mass is 9.93. The number of methoxy groups -OCH3 is 1. The summed E-state index contributed by atoms with van der Waals surface area (Å²) in [5, 5.41) is 9.52. The zero-order valence-corrected chi connectivity index (χ0v) is 12.4. The predicted octanol–water partition coefficient (Wildman–Crippen LogP) is 3.32. The standard InChI is InChI=1S/C18H17NO3/c1-20-16-4-2-3-13(10-16)9-15(12-19)14-5-6-17-18(11-14)22-8-7-21-17/h2-6,10-11,15H,7-9H2,1H3. The second kappa shape index (κ2) is 6.40. The van der Waals surface area contributed by atoms with Gasteiger partial charge in [-0.15, -0.1) is 0 Å². The summed E-state index contributed by atoms with van der Waals surface area (Å²) in [6.07, 6.45) is 0.632. The van der Waals surface area contributed by atoms with Crippen LogP contribution in [0.3, 0.4) is 0 Å². The first-order valence-corrected chi connectivity index (χ1v) is 7.22. The van der Waals surface area contributed by atoms with Gasteiger partial charge in [-0.25, -0.2) is 0 Å². The van der Waals surface area contributed by atoms with Crippen LogP contribution in [0.2, 0.25) is 0 Å². The highest BCUT2D eigenvalue weighted by Crippen LogP contribution is 2.34. The number of fused-ring (bicyclic) bond motifs is 1. The molecule has 0 bridgehead atoms. The van der Waals surface area contributed by atoms with Crippen LogP contribution in [0.25, 0.3) is 0 Å². The number of nitriles is 1. The molecule has 0 radical (unpaired) electrons. The van der Waals surface area contributed by atoms with Crippen LogP contribution in [0.15, 0.2) is 42.5 Å². The number of benzene rings is 2. The first-order valence-electron chi connectivity index (χ1n) is 7.22. The zero-order valence-electron chi connectivity index (χ0n) is 12.4. The van der Waals surface area contributed by atoms with Gasteiger partial charge in [0.05, 0.1) is 19.1 Å². The van der Waals surface area contributed by atoms with Crippen LogP contribution < -0.4 is 14.2 Å². The average molecular weight is 295 g/mol. The molecule has 0 N–H and O–H groups in total. The fourth-order valence-corrected chi connectivity index (χ4v) is 2.55. The van der Waals surface area contributed by atoms with Gasteiger partial charge in [-0.05, 0) is 41.8 Å². The van der Waals surface area contributed by atoms with Crippen LogP contribution in [0.4, 0.5) is 0 Å². The van der Waals surface area contributed by atoms with Crippen molar-refractivity contribution in [1.82, 2.24) is 0 Å². The largest absolute Gasteiger partial charge is 0.497 e. The molecule has 0 saturated heterocycles. The van der Waals surface area contributed by atoms with Gasteiger partial charge in [0.25, 0.3) is 0 Å². The molecular formula is C18H17NO3. The van der Waals surface area contributed by atoms with E-state index < -0.39 is 0 Å². The summed E-state index contributed by atoms with van der Waals surface area (Å²) in [5.41, 5.74) is 2.01. The Hall–Kier alpha value is -2.67. The Morgan fingerprint density at radius 2 is 1.95 bits per heavy atom. The second-order valence-electron chi connectivity index (χ2n) is 5.14. The third-order valence-corrected chi connectivity index (χ3v) is 3.70. The highest BCUT2D eigenvalue weighted by molar-refractivity contribution is 5.46. The van der Waals surface area contributed by atoms with Crippen molar-refractivity contribution < 1.29 is 14.2 Å². The lowest BCUT2D eigenvalue weighted by Gasteiger charge is -2.20. The van der Waals surface area contributed by atoms with E-state index >= 15 is 0 Å². The highest BCUT2D eigenvalue weighted by atomic mass is 16.6. The topological polar surface area (TPSA) is 51.5 Å². The Kier molecular flexibility index (Phi) is 4.15. The Balaban J connectivity index is 1.83. The predicted molar refractivity (Wildman–Crippen MR) is 82.5 cm³/mol. The normalized spacial score (nSPS) is 14.0. The van der Waals surface area contributed by atoms with Crippen LogP contribution >= 0.6 is 0 Å². The van der Waals surface area contributed by atoms with Crippen LogP contribution in [-0.2, 0) is 6.42 Å². The van der Waals surface area contributed by atoms with Gasteiger partial charge in [0.2, 0.25) is 0 Å². The van der Waals surface area contributed by atoms with Crippen molar-refractivity contribution in [3.05, 3.63) is 53.6 Å². The average Bonchev–Trinajstić information content (AvgIpc) is 2.59. The molecule has 0 amide bonds. The van der Waals surface area contributed by atoms with E-state index in [4.69, 9.17) is 14.2 Å². The summed E-state index contributed by atoms with van der Waals surface area (Å²) >= 11 is 0. The number of ether oxygens (including phenoxy) is 3. The summed E-state index contributed by atoms with van der Waals surface area (Å²) < 4.78 is 16.3. The Morgan fingerprint density at radius 3 is 2.73 bits per heavy atom. The van der Waals surface area contributed by atoms with Gasteiger partial charge in [-0.1, -0.05) is 18.2 Å². The Labute approximate surface area is 129 Å². The van der Waals surface area contributed by atoms with E-state index in [9.17, 15) is 5.26 Å². The molecule has 1 aliphatic rings. The molecular weight excluding hydrogens is 278 g/mol. The minimum Gasteiger partial charge on any atom is -0.497 e. The van der Waals surface area contributed by atoms with E-state index in [0.29, 0.717) is 19.6 Å². The van der Waals surface area contributed by atoms with E-state index in [1.165, 1.54) is 0 Å². The van der Waals surface area contributed by atoms with Crippen molar-refractivity contribution in [3.8, 4) is 23.3 Å². The van der Waals surface area contributed by atoms with E-state index in [0.717, 1.165) is 28.4 Å². The summed E-state index contributed by atoms with van der Waals surface area (Å²) in [6, 6.07) is 15.9. The van der Waals surface area contributed by atoms with Crippen molar-refractivity contribution in [2.75, 3.05) is 20.3 Å². The smallest absolute Gasteiger partial charge is 0.161 e. The molecule has 1 aliphatic heterocycles. The van der Waals surface area contributed by atoms with Crippen molar-refractivity contribution in [2.45, 2.75) is 12.3 Å². The minimum absolute atomic E-state index is 0.233. The third-order valence-electron chi connectivity index (χ3n) is 3.70. The molecule has 4 heteroatoms. The van der Waals surface area contributed by atoms with Crippen LogP contribution in [0.5, 0.6) is 17.2 Å². The van der Waals surface area contributed by atoms with Gasteiger partial charge in [-0.2, -0.15) is 5.26 Å². The molecule has 0 saturated carbocycles. The molecule has 1 unspecified atom stereocenters. The van der Waals surface area contributed by atoms with Crippen molar-refractivity contribution in [3.63, 3.8) is 0 Å². The molecule has 2 aromatic carbocycles. The fraction of sp³-hybridized carbons (Fsp3) is 0.278. The van der Waals surface area contributed by atoms with Gasteiger partial charge in [0, 0.05) is 0 Å². The zero-order chi connectivity index (χ0) is 15.4. The molecule has 3 rings (SSSR count). The van der Waals surface area contributed by atoms with Gasteiger partial charge in [0.1, 0.15) is 19.0 Å². The van der Waals surface area contributed by atoms with Gasteiger partial charge in [-0.3, -0.25) is 0 Å². The molecule has 2 aromatic rings. The molecule has 1 heterocycles. The van der Waals surface area contributed by atoms with Crippen molar-refractivity contribution in [1.29, 1.82) is 5.26 Å². The SMILES string of the molecule is COc1cccc(CC(C#N)c2ccc3c(c2)OCCO3)c1. The maximum absolute atomic E-state index is 9.52. The molecule has 0 spiro atoms. The van der Waals surface area contributed by atoms with E-state index in [2.05, 4.69) is 6.07 Å². The summed E-state index contributed by atoms with van der Waals surface area (Å²) in [4.78, 5) is 0. The first kappa shape index (κ1) is 14.3. The molecule has 112 valence electrons. The van der Waals surface area contributed by atoms with E-state index in [1.54, 1.807) is 7.11 Å². The van der Waals surface area contributed by atoms with Crippen molar-refractivity contribution >= 4 is 0 Å². The van der Waals surface area contributed by atoms with Gasteiger partial charge in [0.15, 0.2) is 11.5 Å². The summed E-state index contributed by atoms with van der Waals surface area (Å²) in [5.74, 6) is 2.03. The van der Waals surface area contributed by atoms with Crippen LogP contribution in [0.1, 0.15) is 17.0 Å². The molecule has 0 aliphatic carbocycles. The lowest BCUT2D eigenvalue weighted by Crippen LogP contribution is -2.15.